The number of aromatic nitrogens is 2. The van der Waals surface area contributed by atoms with Gasteiger partial charge < -0.3 is 9.72 Å². The van der Waals surface area contributed by atoms with Crippen molar-refractivity contribution in [3.8, 4) is 0 Å². The highest BCUT2D eigenvalue weighted by Gasteiger charge is 2.22. The summed E-state index contributed by atoms with van der Waals surface area (Å²) in [5.41, 5.74) is 3.13. The van der Waals surface area contributed by atoms with E-state index in [1.807, 2.05) is 6.07 Å². The second-order valence-electron chi connectivity index (χ2n) is 6.77. The summed E-state index contributed by atoms with van der Waals surface area (Å²) in [6.45, 7) is 6.50. The zero-order valence-electron chi connectivity index (χ0n) is 14.4. The molecule has 0 spiro atoms. The predicted molar refractivity (Wildman–Crippen MR) is 95.2 cm³/mol. The molecule has 0 aliphatic carbocycles. The van der Waals surface area contributed by atoms with Crippen LogP contribution in [0, 0.1) is 0 Å². The van der Waals surface area contributed by atoms with Crippen molar-refractivity contribution >= 4 is 0 Å². The molecule has 2 aromatic rings. The molecule has 3 heterocycles. The lowest BCUT2D eigenvalue weighted by atomic mass is 10.1. The van der Waals surface area contributed by atoms with Crippen LogP contribution in [-0.2, 0) is 30.8 Å². The van der Waals surface area contributed by atoms with E-state index in [4.69, 9.17) is 9.72 Å². The van der Waals surface area contributed by atoms with Crippen molar-refractivity contribution in [2.75, 3.05) is 32.8 Å². The Balaban J connectivity index is 1.49. The summed E-state index contributed by atoms with van der Waals surface area (Å²) >= 11 is 0. The van der Waals surface area contributed by atoms with Crippen molar-refractivity contribution in [2.45, 2.75) is 26.1 Å². The number of ether oxygens (including phenoxy) is 1. The molecule has 25 heavy (non-hydrogen) atoms. The molecule has 0 radical (unpaired) electrons. The summed E-state index contributed by atoms with van der Waals surface area (Å²) in [6.07, 6.45) is 0.766. The van der Waals surface area contributed by atoms with Crippen LogP contribution in [0.4, 0.5) is 0 Å². The van der Waals surface area contributed by atoms with Crippen molar-refractivity contribution in [2.24, 2.45) is 0 Å². The van der Waals surface area contributed by atoms with E-state index in [9.17, 15) is 4.79 Å². The van der Waals surface area contributed by atoms with Crippen LogP contribution in [0.25, 0.3) is 0 Å². The number of hydrogen-bond donors (Lipinski definition) is 1. The molecule has 1 fully saturated rings. The van der Waals surface area contributed by atoms with Gasteiger partial charge in [0, 0.05) is 38.3 Å². The maximum Gasteiger partial charge on any atom is 0.254 e. The summed E-state index contributed by atoms with van der Waals surface area (Å²) in [5.74, 6) is 0.771. The van der Waals surface area contributed by atoms with Crippen LogP contribution in [-0.4, -0.2) is 52.6 Å². The number of H-pyrrole nitrogens is 1. The van der Waals surface area contributed by atoms with E-state index < -0.39 is 0 Å². The molecule has 6 nitrogen and oxygen atoms in total. The molecule has 1 N–H and O–H groups in total. The van der Waals surface area contributed by atoms with Gasteiger partial charge in [0.2, 0.25) is 0 Å². The Morgan fingerprint density at radius 1 is 1.04 bits per heavy atom. The number of rotatable bonds is 4. The number of nitrogens with one attached hydrogen (secondary N) is 1. The lowest BCUT2D eigenvalue weighted by molar-refractivity contribution is 0.0329. The summed E-state index contributed by atoms with van der Waals surface area (Å²) in [4.78, 5) is 24.8. The van der Waals surface area contributed by atoms with Crippen LogP contribution in [0.1, 0.15) is 22.6 Å². The molecule has 2 aliphatic heterocycles. The largest absolute Gasteiger partial charge is 0.379 e. The fraction of sp³-hybridized carbons (Fsp3) is 0.474. The summed E-state index contributed by atoms with van der Waals surface area (Å²) in [6, 6.07) is 10.5. The van der Waals surface area contributed by atoms with Gasteiger partial charge in [0.15, 0.2) is 0 Å². The first-order valence-electron chi connectivity index (χ1n) is 8.95. The summed E-state index contributed by atoms with van der Waals surface area (Å²) in [5, 5.41) is 0. The quantitative estimate of drug-likeness (QED) is 0.905. The number of morpholine rings is 1. The number of fused-ring (bicyclic) bond motifs is 1. The molecule has 0 bridgehead atoms. The molecular formula is C19H24N4O2. The van der Waals surface area contributed by atoms with E-state index in [2.05, 4.69) is 39.0 Å². The van der Waals surface area contributed by atoms with Crippen LogP contribution < -0.4 is 5.56 Å². The average Bonchev–Trinajstić information content (AvgIpc) is 2.63. The molecule has 0 saturated carbocycles. The second kappa shape index (κ2) is 7.47. The van der Waals surface area contributed by atoms with Crippen LogP contribution in [0.15, 0.2) is 35.1 Å². The number of benzene rings is 1. The minimum Gasteiger partial charge on any atom is -0.379 e. The normalized spacial score (nSPS) is 18.9. The zero-order valence-corrected chi connectivity index (χ0v) is 14.4. The number of aromatic amines is 1. The van der Waals surface area contributed by atoms with Gasteiger partial charge in [0.25, 0.3) is 5.56 Å². The van der Waals surface area contributed by atoms with Crippen LogP contribution in [0.5, 0.6) is 0 Å². The Labute approximate surface area is 147 Å². The predicted octanol–water partition coefficient (Wildman–Crippen LogP) is 1.16. The molecule has 0 atom stereocenters. The SMILES string of the molecule is O=c1[nH]c(CN2CCOCC2)nc2c1CCN(Cc1ccccc1)C2. The van der Waals surface area contributed by atoms with Gasteiger partial charge in [-0.25, -0.2) is 4.98 Å². The molecule has 0 amide bonds. The van der Waals surface area contributed by atoms with Crippen LogP contribution in [0.3, 0.4) is 0 Å². The molecular weight excluding hydrogens is 316 g/mol. The standard InChI is InChI=1S/C19H24N4O2/c24-19-16-6-7-23(12-15-4-2-1-3-5-15)13-17(16)20-18(21-19)14-22-8-10-25-11-9-22/h1-5H,6-14H2,(H,20,21,24). The van der Waals surface area contributed by atoms with Crippen LogP contribution in [0.2, 0.25) is 0 Å². The van der Waals surface area contributed by atoms with E-state index in [1.54, 1.807) is 0 Å². The van der Waals surface area contributed by atoms with E-state index >= 15 is 0 Å². The molecule has 4 rings (SSSR count). The third kappa shape index (κ3) is 3.98. The van der Waals surface area contributed by atoms with Crippen molar-refractivity contribution in [3.05, 3.63) is 63.3 Å². The van der Waals surface area contributed by atoms with Crippen molar-refractivity contribution in [1.29, 1.82) is 0 Å². The van der Waals surface area contributed by atoms with E-state index in [1.165, 1.54) is 5.56 Å². The van der Waals surface area contributed by atoms with Gasteiger partial charge in [-0.2, -0.15) is 0 Å². The number of nitrogens with zero attached hydrogens (tertiary/aromatic N) is 3. The first-order valence-corrected chi connectivity index (χ1v) is 8.95. The van der Waals surface area contributed by atoms with Crippen molar-refractivity contribution < 1.29 is 4.74 Å². The van der Waals surface area contributed by atoms with Gasteiger partial charge in [-0.3, -0.25) is 14.6 Å². The molecule has 132 valence electrons. The molecule has 0 unspecified atom stereocenters. The Morgan fingerprint density at radius 2 is 1.84 bits per heavy atom. The lowest BCUT2D eigenvalue weighted by Crippen LogP contribution is -2.38. The highest BCUT2D eigenvalue weighted by atomic mass is 16.5. The Bertz CT molecular complexity index is 769. The molecule has 6 heteroatoms. The van der Waals surface area contributed by atoms with E-state index in [-0.39, 0.29) is 5.56 Å². The van der Waals surface area contributed by atoms with Crippen molar-refractivity contribution in [3.63, 3.8) is 0 Å². The second-order valence-corrected chi connectivity index (χ2v) is 6.77. The topological polar surface area (TPSA) is 61.5 Å². The molecule has 1 aromatic heterocycles. The maximum atomic E-state index is 12.4. The third-order valence-corrected chi connectivity index (χ3v) is 4.93. The average molecular weight is 340 g/mol. The molecule has 1 saturated heterocycles. The van der Waals surface area contributed by atoms with Gasteiger partial charge in [-0.15, -0.1) is 0 Å². The zero-order chi connectivity index (χ0) is 17.1. The van der Waals surface area contributed by atoms with E-state index in [0.29, 0.717) is 6.54 Å². The summed E-state index contributed by atoms with van der Waals surface area (Å²) < 4.78 is 5.38. The highest BCUT2D eigenvalue weighted by molar-refractivity contribution is 5.22. The maximum absolute atomic E-state index is 12.4. The first-order chi connectivity index (χ1) is 12.3. The van der Waals surface area contributed by atoms with Gasteiger partial charge in [-0.05, 0) is 12.0 Å². The highest BCUT2D eigenvalue weighted by Crippen LogP contribution is 2.17. The first kappa shape index (κ1) is 16.4. The van der Waals surface area contributed by atoms with Crippen molar-refractivity contribution in [1.82, 2.24) is 19.8 Å². The fourth-order valence-corrected chi connectivity index (χ4v) is 3.57. The van der Waals surface area contributed by atoms with Gasteiger partial charge in [-0.1, -0.05) is 30.3 Å². The molecule has 1 aromatic carbocycles. The monoisotopic (exact) mass is 340 g/mol. The number of hydrogen-bond acceptors (Lipinski definition) is 5. The Hall–Kier alpha value is -2.02. The smallest absolute Gasteiger partial charge is 0.254 e. The Kier molecular flexibility index (Phi) is 4.92. The van der Waals surface area contributed by atoms with Gasteiger partial charge in [0.05, 0.1) is 25.5 Å². The Morgan fingerprint density at radius 3 is 2.64 bits per heavy atom. The third-order valence-electron chi connectivity index (χ3n) is 4.93. The lowest BCUT2D eigenvalue weighted by Gasteiger charge is -2.29. The van der Waals surface area contributed by atoms with E-state index in [0.717, 1.165) is 69.4 Å². The minimum absolute atomic E-state index is 0.0348. The van der Waals surface area contributed by atoms with Gasteiger partial charge >= 0.3 is 0 Å². The molecule has 2 aliphatic rings. The van der Waals surface area contributed by atoms with Gasteiger partial charge in [0.1, 0.15) is 5.82 Å². The minimum atomic E-state index is 0.0348. The van der Waals surface area contributed by atoms with Crippen LogP contribution >= 0.6 is 0 Å². The summed E-state index contributed by atoms with van der Waals surface area (Å²) in [7, 11) is 0. The fourth-order valence-electron chi connectivity index (χ4n) is 3.57.